The summed E-state index contributed by atoms with van der Waals surface area (Å²) in [7, 11) is 0. The molecular weight excluding hydrogens is 168 g/mol. The van der Waals surface area contributed by atoms with Crippen LogP contribution in [0.15, 0.2) is 0 Å². The normalized spacial score (nSPS) is 1.75. The first kappa shape index (κ1) is 225. The van der Waals surface area contributed by atoms with Crippen LogP contribution in [0.5, 0.6) is 0 Å². The van der Waals surface area contributed by atoms with Gasteiger partial charge in [0.1, 0.15) is 0 Å². The molecule has 12 heavy (non-hydrogen) atoms. The van der Waals surface area contributed by atoms with E-state index in [1.54, 1.807) is 0 Å². The molecule has 0 aliphatic carbocycles. The highest BCUT2D eigenvalue weighted by molar-refractivity contribution is 5.35. The second-order valence-corrected chi connectivity index (χ2v) is 0.202. The Bertz CT molecular complexity index is 31.1. The molecule has 0 rings (SSSR count). The summed E-state index contributed by atoms with van der Waals surface area (Å²) in [5.74, 6) is 0. The molecule has 90 valence electrons. The Labute approximate surface area is 77.5 Å². The van der Waals surface area contributed by atoms with Crippen molar-refractivity contribution in [2.45, 2.75) is 37.1 Å². The predicted octanol–water partition coefficient (Wildman–Crippen LogP) is 0.585. The van der Waals surface area contributed by atoms with E-state index in [0.717, 1.165) is 0 Å². The molecule has 0 radical (unpaired) electrons. The van der Waals surface area contributed by atoms with Crippen LogP contribution in [-0.2, 0) is 9.68 Å². The van der Waals surface area contributed by atoms with Gasteiger partial charge in [-0.15, -0.1) is 0 Å². The Hall–Kier alpha value is -0.690. The van der Waals surface area contributed by atoms with Gasteiger partial charge in [0.2, 0.25) is 0 Å². The SMILES string of the molecule is C.C.C.C.C.O.O.O.O=COO.[HH]. The van der Waals surface area contributed by atoms with Crippen molar-refractivity contribution in [3.05, 3.63) is 0 Å². The van der Waals surface area contributed by atoms with Gasteiger partial charge in [-0.05, 0) is 0 Å². The Balaban J connectivity index is -0.00000000125. The molecule has 0 fully saturated rings. The smallest absolute Gasteiger partial charge is 0.330 e. The van der Waals surface area contributed by atoms with Crippen molar-refractivity contribution in [3.63, 3.8) is 0 Å². The lowest BCUT2D eigenvalue weighted by Crippen LogP contribution is -1.69. The van der Waals surface area contributed by atoms with Crippen LogP contribution in [0.4, 0.5) is 0 Å². The molecule has 0 aromatic carbocycles. The highest BCUT2D eigenvalue weighted by Gasteiger charge is 1.47. The molecular formula is C6H30O6. The molecule has 0 aliphatic rings. The molecule has 0 bridgehead atoms. The monoisotopic (exact) mass is 198 g/mol. The number of carbonyl (C=O) groups excluding carboxylic acids is 1. The van der Waals surface area contributed by atoms with Gasteiger partial charge in [-0.1, -0.05) is 37.1 Å². The summed E-state index contributed by atoms with van der Waals surface area (Å²) in [6, 6.07) is 0. The third-order valence-corrected chi connectivity index (χ3v) is 0.0430. The second-order valence-electron chi connectivity index (χ2n) is 0.202. The molecule has 6 nitrogen and oxygen atoms in total. The van der Waals surface area contributed by atoms with E-state index in [-0.39, 0.29) is 61.5 Å². The minimum atomic E-state index is -0.0694. The maximum atomic E-state index is 8.70. The number of carbonyl (C=O) groups is 1. The lowest BCUT2D eigenvalue weighted by molar-refractivity contribution is -0.217. The summed E-state index contributed by atoms with van der Waals surface area (Å²) >= 11 is 0. The van der Waals surface area contributed by atoms with Gasteiger partial charge in [0.15, 0.2) is 0 Å². The first-order chi connectivity index (χ1) is 1.91. The fourth-order valence-electron chi connectivity index (χ4n) is 0. The van der Waals surface area contributed by atoms with Crippen LogP contribution in [-0.4, -0.2) is 28.2 Å². The van der Waals surface area contributed by atoms with Crippen LogP contribution in [0, 0.1) is 0 Å². The minimum absolute atomic E-state index is 0. The zero-order chi connectivity index (χ0) is 3.41. The van der Waals surface area contributed by atoms with E-state index in [2.05, 4.69) is 4.89 Å². The van der Waals surface area contributed by atoms with E-state index in [1.807, 2.05) is 0 Å². The van der Waals surface area contributed by atoms with Gasteiger partial charge in [-0.2, -0.15) is 0 Å². The first-order valence-corrected chi connectivity index (χ1v) is 0.654. The van der Waals surface area contributed by atoms with Gasteiger partial charge in [-0.3, -0.25) is 4.79 Å². The van der Waals surface area contributed by atoms with E-state index < -0.39 is 0 Å². The van der Waals surface area contributed by atoms with Crippen molar-refractivity contribution in [3.8, 4) is 0 Å². The number of rotatable bonds is 1. The highest BCUT2D eigenvalue weighted by atomic mass is 17.1. The molecule has 0 spiro atoms. The van der Waals surface area contributed by atoms with Gasteiger partial charge in [0.25, 0.3) is 0 Å². The van der Waals surface area contributed by atoms with Crippen LogP contribution in [0.3, 0.4) is 0 Å². The van der Waals surface area contributed by atoms with Gasteiger partial charge >= 0.3 is 6.47 Å². The standard InChI is InChI=1S/CH2O3.5CH4.3H2O.H2/c2-1-4-3;;;;;;;;;/h1,3H;5*1H4;3*1H2;1H. The van der Waals surface area contributed by atoms with E-state index in [1.165, 1.54) is 0 Å². The van der Waals surface area contributed by atoms with Crippen molar-refractivity contribution in [2.24, 2.45) is 0 Å². The summed E-state index contributed by atoms with van der Waals surface area (Å²) in [6.07, 6.45) is 0. The average molecular weight is 198 g/mol. The van der Waals surface area contributed by atoms with Crippen molar-refractivity contribution >= 4 is 6.47 Å². The molecule has 6 heteroatoms. The number of hydrogen-bond acceptors (Lipinski definition) is 3. The van der Waals surface area contributed by atoms with Crippen LogP contribution in [0.2, 0.25) is 0 Å². The molecule has 0 aliphatic heterocycles. The van der Waals surface area contributed by atoms with Crippen molar-refractivity contribution < 1.29 is 32.8 Å². The van der Waals surface area contributed by atoms with Crippen LogP contribution in [0.25, 0.3) is 0 Å². The summed E-state index contributed by atoms with van der Waals surface area (Å²) in [4.78, 5) is 11.6. The Morgan fingerprint density at radius 1 is 0.917 bits per heavy atom. The first-order valence-electron chi connectivity index (χ1n) is 0.654. The molecule has 0 heterocycles. The van der Waals surface area contributed by atoms with E-state index in [0.29, 0.717) is 0 Å². The van der Waals surface area contributed by atoms with Crippen molar-refractivity contribution in [1.29, 1.82) is 0 Å². The third-order valence-electron chi connectivity index (χ3n) is 0.0430. The molecule has 0 unspecified atom stereocenters. The Morgan fingerprint density at radius 2 is 1.00 bits per heavy atom. The highest BCUT2D eigenvalue weighted by Crippen LogP contribution is 1.33. The number of hydrogen-bond donors (Lipinski definition) is 1. The topological polar surface area (TPSA) is 141 Å². The predicted molar refractivity (Wildman–Crippen MR) is 56.4 cm³/mol. The Morgan fingerprint density at radius 3 is 1.00 bits per heavy atom. The largest absolute Gasteiger partial charge is 0.412 e. The molecule has 0 aromatic rings. The molecule has 0 aromatic heterocycles. The summed E-state index contributed by atoms with van der Waals surface area (Å²) < 4.78 is 0. The second kappa shape index (κ2) is 521. The zero-order valence-corrected chi connectivity index (χ0v) is 3.34. The molecule has 0 atom stereocenters. The zero-order valence-electron chi connectivity index (χ0n) is 3.34. The van der Waals surface area contributed by atoms with Crippen molar-refractivity contribution in [2.75, 3.05) is 0 Å². The third kappa shape index (κ3) is 6690. The molecule has 7 N–H and O–H groups in total. The maximum Gasteiger partial charge on any atom is 0.330 e. The van der Waals surface area contributed by atoms with Crippen LogP contribution in [0.1, 0.15) is 38.6 Å². The van der Waals surface area contributed by atoms with Gasteiger partial charge in [0, 0.05) is 1.43 Å². The average Bonchev–Trinajstić information content (AvgIpc) is 1.37. The van der Waals surface area contributed by atoms with E-state index in [4.69, 9.17) is 10.1 Å². The summed E-state index contributed by atoms with van der Waals surface area (Å²) in [5, 5.41) is 7.01. The van der Waals surface area contributed by atoms with Crippen molar-refractivity contribution in [1.82, 2.24) is 0 Å². The van der Waals surface area contributed by atoms with Gasteiger partial charge in [0.05, 0.1) is 0 Å². The van der Waals surface area contributed by atoms with Gasteiger partial charge < -0.3 is 21.3 Å². The molecule has 0 saturated heterocycles. The quantitative estimate of drug-likeness (QED) is 0.374. The molecule has 0 saturated carbocycles. The molecule has 0 amide bonds. The minimum Gasteiger partial charge on any atom is -0.412 e. The Kier molecular flexibility index (Phi) is 9780. The lowest BCUT2D eigenvalue weighted by Gasteiger charge is -1.63. The van der Waals surface area contributed by atoms with Crippen LogP contribution < -0.4 is 0 Å². The van der Waals surface area contributed by atoms with E-state index >= 15 is 0 Å². The fraction of sp³-hybridized carbons (Fsp3) is 0.833. The summed E-state index contributed by atoms with van der Waals surface area (Å²) in [5.41, 5.74) is 0. The fourth-order valence-corrected chi connectivity index (χ4v) is 0. The van der Waals surface area contributed by atoms with Crippen LogP contribution >= 0.6 is 0 Å². The van der Waals surface area contributed by atoms with E-state index in [9.17, 15) is 0 Å². The maximum absolute atomic E-state index is 8.70. The lowest BCUT2D eigenvalue weighted by atomic mass is 11.7. The summed E-state index contributed by atoms with van der Waals surface area (Å²) in [6.45, 7) is -0.0694. The van der Waals surface area contributed by atoms with Gasteiger partial charge in [-0.25, -0.2) is 5.26 Å².